The van der Waals surface area contributed by atoms with Gasteiger partial charge in [0.25, 0.3) is 0 Å². The zero-order chi connectivity index (χ0) is 15.2. The first-order valence-corrected chi connectivity index (χ1v) is 7.80. The first-order chi connectivity index (χ1) is 10.4. The maximum Gasteiger partial charge on any atom is 0.0719 e. The molecule has 120 valence electrons. The molecule has 0 bridgehead atoms. The summed E-state index contributed by atoms with van der Waals surface area (Å²) in [5, 5.41) is 3.36. The fourth-order valence-electron chi connectivity index (χ4n) is 2.03. The van der Waals surface area contributed by atoms with E-state index in [0.29, 0.717) is 19.8 Å². The average Bonchev–Trinajstić information content (AvgIpc) is 2.51. The van der Waals surface area contributed by atoms with Crippen LogP contribution in [0.4, 0.5) is 0 Å². The lowest BCUT2D eigenvalue weighted by molar-refractivity contribution is 0.0482. The molecule has 1 aromatic carbocycles. The topological polar surface area (TPSA) is 39.7 Å². The van der Waals surface area contributed by atoms with Crippen molar-refractivity contribution in [3.8, 4) is 0 Å². The molecular formula is C17H29NO3. The molecule has 1 aromatic rings. The molecule has 0 aliphatic rings. The van der Waals surface area contributed by atoms with Gasteiger partial charge in [0, 0.05) is 20.3 Å². The van der Waals surface area contributed by atoms with Crippen molar-refractivity contribution in [3.63, 3.8) is 0 Å². The predicted molar refractivity (Wildman–Crippen MR) is 85.7 cm³/mol. The largest absolute Gasteiger partial charge is 0.382 e. The lowest BCUT2D eigenvalue weighted by Crippen LogP contribution is -2.16. The number of benzene rings is 1. The molecule has 0 aliphatic carbocycles. The molecule has 0 atom stereocenters. The minimum atomic E-state index is 0.653. The Morgan fingerprint density at radius 1 is 0.952 bits per heavy atom. The number of methoxy groups -OCH3 is 1. The van der Waals surface area contributed by atoms with E-state index in [1.165, 1.54) is 11.1 Å². The summed E-state index contributed by atoms with van der Waals surface area (Å²) in [6, 6.07) is 8.50. The van der Waals surface area contributed by atoms with Crippen LogP contribution in [0.25, 0.3) is 0 Å². The number of nitrogens with one attached hydrogen (secondary N) is 1. The maximum absolute atomic E-state index is 5.74. The first kappa shape index (κ1) is 18.1. The highest BCUT2D eigenvalue weighted by Gasteiger charge is 2.01. The van der Waals surface area contributed by atoms with Gasteiger partial charge in [0.1, 0.15) is 0 Å². The molecule has 0 radical (unpaired) electrons. The molecule has 0 saturated carbocycles. The summed E-state index contributed by atoms with van der Waals surface area (Å²) in [6.07, 6.45) is 1.97. The van der Waals surface area contributed by atoms with Crippen LogP contribution < -0.4 is 5.32 Å². The van der Waals surface area contributed by atoms with E-state index in [2.05, 4.69) is 36.5 Å². The Hall–Kier alpha value is -0.940. The Kier molecular flexibility index (Phi) is 11.0. The SMILES string of the molecule is CCNCCc1ccccc1COCCCOCCOC. The molecule has 1 N–H and O–H groups in total. The van der Waals surface area contributed by atoms with Crippen molar-refractivity contribution >= 4 is 0 Å². The van der Waals surface area contributed by atoms with Gasteiger partial charge >= 0.3 is 0 Å². The summed E-state index contributed by atoms with van der Waals surface area (Å²) >= 11 is 0. The van der Waals surface area contributed by atoms with E-state index in [9.17, 15) is 0 Å². The molecule has 0 fully saturated rings. The highest BCUT2D eigenvalue weighted by molar-refractivity contribution is 5.26. The minimum Gasteiger partial charge on any atom is -0.382 e. The van der Waals surface area contributed by atoms with Gasteiger partial charge in [-0.15, -0.1) is 0 Å². The molecule has 0 aliphatic heterocycles. The fourth-order valence-corrected chi connectivity index (χ4v) is 2.03. The second-order valence-electron chi connectivity index (χ2n) is 4.88. The molecule has 4 nitrogen and oxygen atoms in total. The third-order valence-electron chi connectivity index (χ3n) is 3.21. The lowest BCUT2D eigenvalue weighted by atomic mass is 10.1. The Bertz CT molecular complexity index is 358. The van der Waals surface area contributed by atoms with Crippen LogP contribution in [0.1, 0.15) is 24.5 Å². The van der Waals surface area contributed by atoms with Crippen molar-refractivity contribution in [2.45, 2.75) is 26.4 Å². The molecule has 0 heterocycles. The summed E-state index contributed by atoms with van der Waals surface area (Å²) in [6.45, 7) is 7.61. The van der Waals surface area contributed by atoms with E-state index in [-0.39, 0.29) is 0 Å². The first-order valence-electron chi connectivity index (χ1n) is 7.80. The third kappa shape index (κ3) is 8.83. The molecule has 0 aromatic heterocycles. The number of hydrogen-bond acceptors (Lipinski definition) is 4. The Morgan fingerprint density at radius 2 is 1.71 bits per heavy atom. The van der Waals surface area contributed by atoms with E-state index in [1.807, 2.05) is 0 Å². The quantitative estimate of drug-likeness (QED) is 0.567. The highest BCUT2D eigenvalue weighted by Crippen LogP contribution is 2.10. The van der Waals surface area contributed by atoms with Crippen LogP contribution in [0, 0.1) is 0 Å². The van der Waals surface area contributed by atoms with Gasteiger partial charge < -0.3 is 19.5 Å². The van der Waals surface area contributed by atoms with Crippen LogP contribution in [-0.2, 0) is 27.2 Å². The van der Waals surface area contributed by atoms with E-state index in [1.54, 1.807) is 7.11 Å². The number of hydrogen-bond donors (Lipinski definition) is 1. The molecule has 21 heavy (non-hydrogen) atoms. The van der Waals surface area contributed by atoms with Gasteiger partial charge in [0.2, 0.25) is 0 Å². The molecule has 0 amide bonds. The van der Waals surface area contributed by atoms with Crippen LogP contribution in [0.15, 0.2) is 24.3 Å². The molecule has 0 saturated heterocycles. The van der Waals surface area contributed by atoms with Gasteiger partial charge in [-0.05, 0) is 37.1 Å². The standard InChI is InChI=1S/C17H29NO3/c1-3-18-10-9-16-7-4-5-8-17(16)15-21-12-6-11-20-14-13-19-2/h4-5,7-8,18H,3,6,9-15H2,1-2H3. The lowest BCUT2D eigenvalue weighted by Gasteiger charge is -2.10. The van der Waals surface area contributed by atoms with E-state index in [0.717, 1.165) is 39.1 Å². The minimum absolute atomic E-state index is 0.653. The molecule has 0 unspecified atom stereocenters. The average molecular weight is 295 g/mol. The van der Waals surface area contributed by atoms with E-state index in [4.69, 9.17) is 14.2 Å². The van der Waals surface area contributed by atoms with Crippen molar-refractivity contribution in [2.75, 3.05) is 46.6 Å². The molecule has 1 rings (SSSR count). The predicted octanol–water partition coefficient (Wildman–Crippen LogP) is 2.41. The van der Waals surface area contributed by atoms with Crippen LogP contribution in [0.5, 0.6) is 0 Å². The van der Waals surface area contributed by atoms with E-state index >= 15 is 0 Å². The van der Waals surface area contributed by atoms with Crippen molar-refractivity contribution < 1.29 is 14.2 Å². The Labute approximate surface area is 128 Å². The van der Waals surface area contributed by atoms with Crippen LogP contribution >= 0.6 is 0 Å². The monoisotopic (exact) mass is 295 g/mol. The van der Waals surface area contributed by atoms with Crippen molar-refractivity contribution in [3.05, 3.63) is 35.4 Å². The van der Waals surface area contributed by atoms with Crippen LogP contribution in [-0.4, -0.2) is 46.6 Å². The van der Waals surface area contributed by atoms with Crippen LogP contribution in [0.2, 0.25) is 0 Å². The van der Waals surface area contributed by atoms with Gasteiger partial charge in [-0.25, -0.2) is 0 Å². The molecule has 0 spiro atoms. The second kappa shape index (κ2) is 12.8. The second-order valence-corrected chi connectivity index (χ2v) is 4.88. The molecular weight excluding hydrogens is 266 g/mol. The van der Waals surface area contributed by atoms with Crippen LogP contribution in [0.3, 0.4) is 0 Å². The normalized spacial score (nSPS) is 11.0. The van der Waals surface area contributed by atoms with Crippen molar-refractivity contribution in [1.82, 2.24) is 5.32 Å². The molecule has 4 heteroatoms. The van der Waals surface area contributed by atoms with E-state index < -0.39 is 0 Å². The Morgan fingerprint density at radius 3 is 2.48 bits per heavy atom. The van der Waals surface area contributed by atoms with Crippen molar-refractivity contribution in [2.24, 2.45) is 0 Å². The van der Waals surface area contributed by atoms with Gasteiger partial charge in [-0.3, -0.25) is 0 Å². The number of rotatable bonds is 13. The summed E-state index contributed by atoms with van der Waals surface area (Å²) in [5.74, 6) is 0. The van der Waals surface area contributed by atoms with Gasteiger partial charge in [0.15, 0.2) is 0 Å². The Balaban J connectivity index is 2.16. The maximum atomic E-state index is 5.74. The summed E-state index contributed by atoms with van der Waals surface area (Å²) in [7, 11) is 1.68. The highest BCUT2D eigenvalue weighted by atomic mass is 16.5. The number of ether oxygens (including phenoxy) is 3. The van der Waals surface area contributed by atoms with Gasteiger partial charge in [0.05, 0.1) is 19.8 Å². The fraction of sp³-hybridized carbons (Fsp3) is 0.647. The third-order valence-corrected chi connectivity index (χ3v) is 3.21. The summed E-state index contributed by atoms with van der Waals surface area (Å²) in [5.41, 5.74) is 2.66. The zero-order valence-electron chi connectivity index (χ0n) is 13.4. The van der Waals surface area contributed by atoms with Gasteiger partial charge in [-0.2, -0.15) is 0 Å². The zero-order valence-corrected chi connectivity index (χ0v) is 13.4. The van der Waals surface area contributed by atoms with Gasteiger partial charge in [-0.1, -0.05) is 31.2 Å². The smallest absolute Gasteiger partial charge is 0.0719 e. The summed E-state index contributed by atoms with van der Waals surface area (Å²) in [4.78, 5) is 0. The summed E-state index contributed by atoms with van der Waals surface area (Å²) < 4.78 is 16.1. The van der Waals surface area contributed by atoms with Crippen molar-refractivity contribution in [1.29, 1.82) is 0 Å². The number of likely N-dealkylation sites (N-methyl/N-ethyl adjacent to an activating group) is 1.